The van der Waals surface area contributed by atoms with Crippen molar-refractivity contribution in [2.45, 2.75) is 33.3 Å². The van der Waals surface area contributed by atoms with Gasteiger partial charge in [-0.05, 0) is 47.0 Å². The summed E-state index contributed by atoms with van der Waals surface area (Å²) in [5.74, 6) is 0.0256. The van der Waals surface area contributed by atoms with Crippen LogP contribution in [0.25, 0.3) is 0 Å². The van der Waals surface area contributed by atoms with Crippen LogP contribution in [0.5, 0.6) is 5.75 Å². The lowest BCUT2D eigenvalue weighted by molar-refractivity contribution is 0.0426. The van der Waals surface area contributed by atoms with E-state index < -0.39 is 5.97 Å². The summed E-state index contributed by atoms with van der Waals surface area (Å²) >= 11 is 3.18. The molecule has 0 aliphatic rings. The zero-order valence-electron chi connectivity index (χ0n) is 11.7. The van der Waals surface area contributed by atoms with E-state index in [9.17, 15) is 9.90 Å². The quantitative estimate of drug-likeness (QED) is 0.830. The van der Waals surface area contributed by atoms with E-state index in [0.717, 1.165) is 12.0 Å². The van der Waals surface area contributed by atoms with Gasteiger partial charge in [0.2, 0.25) is 0 Å². The predicted octanol–water partition coefficient (Wildman–Crippen LogP) is 3.16. The van der Waals surface area contributed by atoms with Crippen LogP contribution in [0.2, 0.25) is 0 Å². The minimum atomic E-state index is -0.646. The van der Waals surface area contributed by atoms with E-state index in [-0.39, 0.29) is 23.8 Å². The Morgan fingerprint density at radius 3 is 2.95 bits per heavy atom. The van der Waals surface area contributed by atoms with Crippen LogP contribution in [0.3, 0.4) is 0 Å². The maximum Gasteiger partial charge on any atom is 0.342 e. The van der Waals surface area contributed by atoms with E-state index in [1.54, 1.807) is 12.1 Å². The summed E-state index contributed by atoms with van der Waals surface area (Å²) in [7, 11) is 0. The zero-order valence-corrected chi connectivity index (χ0v) is 13.3. The van der Waals surface area contributed by atoms with Crippen molar-refractivity contribution < 1.29 is 19.2 Å². The fourth-order valence-corrected chi connectivity index (χ4v) is 2.34. The number of hydrogen-bond donors (Lipinski definition) is 1. The summed E-state index contributed by atoms with van der Waals surface area (Å²) in [5.41, 5.74) is 0.921. The highest BCUT2D eigenvalue weighted by molar-refractivity contribution is 9.10. The van der Waals surface area contributed by atoms with Crippen LogP contribution in [0, 0.1) is 6.92 Å². The van der Waals surface area contributed by atoms with Crippen LogP contribution in [0.15, 0.2) is 21.1 Å². The van der Waals surface area contributed by atoms with Crippen molar-refractivity contribution >= 4 is 21.9 Å². The molecule has 0 atom stereocenters. The summed E-state index contributed by atoms with van der Waals surface area (Å²) in [4.78, 5) is 16.1. The van der Waals surface area contributed by atoms with Gasteiger partial charge < -0.3 is 14.4 Å². The van der Waals surface area contributed by atoms with E-state index in [1.807, 2.05) is 13.8 Å². The van der Waals surface area contributed by atoms with Crippen LogP contribution in [0.4, 0.5) is 0 Å². The molecule has 0 saturated heterocycles. The van der Waals surface area contributed by atoms with Gasteiger partial charge in [-0.1, -0.05) is 12.1 Å². The summed E-state index contributed by atoms with van der Waals surface area (Å²) in [6.45, 7) is 3.70. The van der Waals surface area contributed by atoms with Crippen molar-refractivity contribution in [3.8, 4) is 5.75 Å². The summed E-state index contributed by atoms with van der Waals surface area (Å²) in [6, 6.07) is 3.26. The van der Waals surface area contributed by atoms with Crippen molar-refractivity contribution in [2.24, 2.45) is 0 Å². The second kappa shape index (κ2) is 6.71. The molecule has 112 valence electrons. The molecule has 0 unspecified atom stereocenters. The van der Waals surface area contributed by atoms with Crippen LogP contribution < -0.4 is 0 Å². The second-order valence-corrected chi connectivity index (χ2v) is 5.43. The van der Waals surface area contributed by atoms with Crippen molar-refractivity contribution in [1.29, 1.82) is 0 Å². The number of halogens is 1. The number of phenols is 1. The third-order valence-electron chi connectivity index (χ3n) is 2.74. The Morgan fingerprint density at radius 1 is 1.48 bits per heavy atom. The van der Waals surface area contributed by atoms with E-state index in [1.165, 1.54) is 0 Å². The molecule has 0 fully saturated rings. The van der Waals surface area contributed by atoms with Crippen LogP contribution >= 0.6 is 15.9 Å². The van der Waals surface area contributed by atoms with E-state index in [2.05, 4.69) is 26.1 Å². The molecule has 0 radical (unpaired) electrons. The molecule has 0 aliphatic carbocycles. The predicted molar refractivity (Wildman–Crippen MR) is 78.0 cm³/mol. The van der Waals surface area contributed by atoms with E-state index in [0.29, 0.717) is 16.7 Å². The number of aryl methyl sites for hydroxylation is 2. The molecular formula is C14H15BrN2O4. The Morgan fingerprint density at radius 2 is 2.24 bits per heavy atom. The molecular weight excluding hydrogens is 340 g/mol. The lowest BCUT2D eigenvalue weighted by Gasteiger charge is -2.07. The Labute approximate surface area is 130 Å². The molecule has 6 nitrogen and oxygen atoms in total. The molecule has 0 amide bonds. The topological polar surface area (TPSA) is 85.5 Å². The average molecular weight is 355 g/mol. The fourth-order valence-electron chi connectivity index (χ4n) is 1.77. The first-order chi connectivity index (χ1) is 10.0. The van der Waals surface area contributed by atoms with E-state index in [4.69, 9.17) is 9.26 Å². The molecule has 1 heterocycles. The smallest absolute Gasteiger partial charge is 0.342 e. The summed E-state index contributed by atoms with van der Waals surface area (Å²) < 4.78 is 10.5. The standard InChI is InChI=1S/C14H15BrN2O4/c1-3-4-11-16-12(21-17-11)7-20-14(19)9-5-8(2)6-10(15)13(9)18/h5-6,18H,3-4,7H2,1-2H3. The SMILES string of the molecule is CCCc1noc(COC(=O)c2cc(C)cc(Br)c2O)n1. The van der Waals surface area contributed by atoms with Gasteiger partial charge in [-0.15, -0.1) is 0 Å². The normalized spacial score (nSPS) is 10.6. The number of carbonyl (C=O) groups is 1. The number of esters is 1. The van der Waals surface area contributed by atoms with Crippen LogP contribution in [-0.4, -0.2) is 21.2 Å². The number of carbonyl (C=O) groups excluding carboxylic acids is 1. The van der Waals surface area contributed by atoms with Gasteiger partial charge in [-0.2, -0.15) is 4.98 Å². The molecule has 1 N–H and O–H groups in total. The molecule has 0 spiro atoms. The van der Waals surface area contributed by atoms with Gasteiger partial charge in [0.05, 0.1) is 4.47 Å². The zero-order chi connectivity index (χ0) is 15.4. The van der Waals surface area contributed by atoms with Crippen molar-refractivity contribution in [3.05, 3.63) is 39.4 Å². The average Bonchev–Trinajstić information content (AvgIpc) is 2.88. The largest absolute Gasteiger partial charge is 0.506 e. The van der Waals surface area contributed by atoms with Crippen molar-refractivity contribution in [2.75, 3.05) is 0 Å². The second-order valence-electron chi connectivity index (χ2n) is 4.57. The molecule has 1 aromatic carbocycles. The molecule has 2 rings (SSSR count). The maximum atomic E-state index is 12.0. The van der Waals surface area contributed by atoms with E-state index >= 15 is 0 Å². The monoisotopic (exact) mass is 354 g/mol. The Balaban J connectivity index is 2.04. The minimum absolute atomic E-state index is 0.0928. The molecule has 1 aromatic heterocycles. The van der Waals surface area contributed by atoms with Crippen molar-refractivity contribution in [1.82, 2.24) is 10.1 Å². The Hall–Kier alpha value is -1.89. The first kappa shape index (κ1) is 15.5. The number of nitrogens with zero attached hydrogens (tertiary/aromatic N) is 2. The number of phenolic OH excluding ortho intramolecular Hbond substituents is 1. The molecule has 7 heteroatoms. The van der Waals surface area contributed by atoms with Gasteiger partial charge >= 0.3 is 5.97 Å². The third kappa shape index (κ3) is 3.81. The van der Waals surface area contributed by atoms with Crippen LogP contribution in [-0.2, 0) is 17.8 Å². The highest BCUT2D eigenvalue weighted by atomic mass is 79.9. The van der Waals surface area contributed by atoms with Crippen LogP contribution in [0.1, 0.15) is 41.0 Å². The number of aromatic hydroxyl groups is 1. The lowest BCUT2D eigenvalue weighted by atomic mass is 10.1. The summed E-state index contributed by atoms with van der Waals surface area (Å²) in [6.07, 6.45) is 1.62. The first-order valence-corrected chi connectivity index (χ1v) is 7.28. The van der Waals surface area contributed by atoms with Gasteiger partial charge in [0, 0.05) is 6.42 Å². The third-order valence-corrected chi connectivity index (χ3v) is 3.34. The maximum absolute atomic E-state index is 12.0. The highest BCUT2D eigenvalue weighted by Gasteiger charge is 2.17. The Bertz CT molecular complexity index is 654. The van der Waals surface area contributed by atoms with Gasteiger partial charge in [0.15, 0.2) is 12.4 Å². The Kier molecular flexibility index (Phi) is 4.95. The molecule has 21 heavy (non-hydrogen) atoms. The highest BCUT2D eigenvalue weighted by Crippen LogP contribution is 2.29. The number of rotatable bonds is 5. The van der Waals surface area contributed by atoms with Gasteiger partial charge in [-0.25, -0.2) is 4.79 Å². The minimum Gasteiger partial charge on any atom is -0.506 e. The fraction of sp³-hybridized carbons (Fsp3) is 0.357. The first-order valence-electron chi connectivity index (χ1n) is 6.49. The number of benzene rings is 1. The molecule has 0 aliphatic heterocycles. The molecule has 0 bridgehead atoms. The van der Waals surface area contributed by atoms with Gasteiger partial charge in [-0.3, -0.25) is 0 Å². The molecule has 0 saturated carbocycles. The lowest BCUT2D eigenvalue weighted by Crippen LogP contribution is -2.06. The number of hydrogen-bond acceptors (Lipinski definition) is 6. The number of ether oxygens (including phenoxy) is 1. The molecule has 2 aromatic rings. The van der Waals surface area contributed by atoms with Gasteiger partial charge in [0.1, 0.15) is 11.3 Å². The van der Waals surface area contributed by atoms with Gasteiger partial charge in [0.25, 0.3) is 5.89 Å². The van der Waals surface area contributed by atoms with Crippen molar-refractivity contribution in [3.63, 3.8) is 0 Å². The number of aromatic nitrogens is 2. The summed E-state index contributed by atoms with van der Waals surface area (Å²) in [5, 5.41) is 13.6.